The molecule has 0 fully saturated rings. The standard InChI is InChI=1S/C19H24N4O3S/c1-4-27(25,26)22-13(2)16-9-17(11-20-10-16)18-8-15-6-5-7-23(14(3)24)19(15)21-12-18/h8-13,22H,4-7H2,1-3H3/t13-/m1/s1. The van der Waals surface area contributed by atoms with Crippen LogP contribution in [0.4, 0.5) is 5.82 Å². The molecule has 2 aromatic rings. The van der Waals surface area contributed by atoms with Crippen LogP contribution in [-0.4, -0.2) is 36.6 Å². The lowest BCUT2D eigenvalue weighted by Gasteiger charge is -2.27. The molecule has 1 N–H and O–H groups in total. The molecule has 0 radical (unpaired) electrons. The van der Waals surface area contributed by atoms with Gasteiger partial charge in [-0.2, -0.15) is 0 Å². The monoisotopic (exact) mass is 388 g/mol. The maximum absolute atomic E-state index is 11.8. The number of hydrogen-bond acceptors (Lipinski definition) is 5. The molecular formula is C19H24N4O3S. The number of carbonyl (C=O) groups is 1. The Morgan fingerprint density at radius 2 is 2.00 bits per heavy atom. The zero-order chi connectivity index (χ0) is 19.6. The molecule has 144 valence electrons. The van der Waals surface area contributed by atoms with Crippen LogP contribution in [0.1, 0.15) is 44.4 Å². The van der Waals surface area contributed by atoms with E-state index in [-0.39, 0.29) is 17.7 Å². The predicted octanol–water partition coefficient (Wildman–Crippen LogP) is 2.44. The zero-order valence-electron chi connectivity index (χ0n) is 15.8. The van der Waals surface area contributed by atoms with Crippen LogP contribution in [0, 0.1) is 0 Å². The van der Waals surface area contributed by atoms with Crippen LogP contribution >= 0.6 is 0 Å². The maximum atomic E-state index is 11.8. The fraction of sp³-hybridized carbons (Fsp3) is 0.421. The van der Waals surface area contributed by atoms with Gasteiger partial charge in [0.05, 0.1) is 5.75 Å². The summed E-state index contributed by atoms with van der Waals surface area (Å²) in [7, 11) is -3.30. The molecule has 3 heterocycles. The SMILES string of the molecule is CCS(=O)(=O)N[C@H](C)c1cncc(-c2cnc3c(c2)CCCN3C(C)=O)c1. The highest BCUT2D eigenvalue weighted by atomic mass is 32.2. The first-order valence-electron chi connectivity index (χ1n) is 9.03. The van der Waals surface area contributed by atoms with Gasteiger partial charge in [0.2, 0.25) is 15.9 Å². The number of pyridine rings is 2. The minimum atomic E-state index is -3.30. The van der Waals surface area contributed by atoms with Crippen molar-refractivity contribution in [1.29, 1.82) is 0 Å². The third-order valence-electron chi connectivity index (χ3n) is 4.74. The van der Waals surface area contributed by atoms with Gasteiger partial charge in [-0.1, -0.05) is 0 Å². The molecule has 0 aromatic carbocycles. The first-order valence-corrected chi connectivity index (χ1v) is 10.7. The fourth-order valence-corrected chi connectivity index (χ4v) is 4.04. The van der Waals surface area contributed by atoms with Gasteiger partial charge in [-0.25, -0.2) is 18.1 Å². The van der Waals surface area contributed by atoms with E-state index in [9.17, 15) is 13.2 Å². The van der Waals surface area contributed by atoms with E-state index in [0.29, 0.717) is 6.54 Å². The number of aromatic nitrogens is 2. The molecule has 0 aliphatic carbocycles. The molecule has 1 aliphatic heterocycles. The summed E-state index contributed by atoms with van der Waals surface area (Å²) in [5.41, 5.74) is 3.59. The molecule has 0 spiro atoms. The molecule has 2 aromatic heterocycles. The van der Waals surface area contributed by atoms with Crippen LogP contribution in [-0.2, 0) is 21.2 Å². The van der Waals surface area contributed by atoms with E-state index in [0.717, 1.165) is 40.9 Å². The third kappa shape index (κ3) is 4.33. The normalized spacial score (nSPS) is 15.3. The summed E-state index contributed by atoms with van der Waals surface area (Å²) in [5.74, 6) is 0.758. The van der Waals surface area contributed by atoms with Crippen molar-refractivity contribution in [3.8, 4) is 11.1 Å². The van der Waals surface area contributed by atoms with Gasteiger partial charge in [-0.3, -0.25) is 14.7 Å². The Morgan fingerprint density at radius 1 is 1.26 bits per heavy atom. The molecule has 0 saturated carbocycles. The minimum Gasteiger partial charge on any atom is -0.297 e. The maximum Gasteiger partial charge on any atom is 0.225 e. The van der Waals surface area contributed by atoms with Crippen LogP contribution in [0.15, 0.2) is 30.7 Å². The van der Waals surface area contributed by atoms with Gasteiger partial charge in [0.1, 0.15) is 5.82 Å². The van der Waals surface area contributed by atoms with Crippen molar-refractivity contribution in [2.75, 3.05) is 17.2 Å². The van der Waals surface area contributed by atoms with Gasteiger partial charge in [-0.15, -0.1) is 0 Å². The number of rotatable bonds is 5. The van der Waals surface area contributed by atoms with Gasteiger partial charge >= 0.3 is 0 Å². The van der Waals surface area contributed by atoms with Crippen LogP contribution < -0.4 is 9.62 Å². The third-order valence-corrected chi connectivity index (χ3v) is 6.21. The second-order valence-corrected chi connectivity index (χ2v) is 8.77. The number of hydrogen-bond donors (Lipinski definition) is 1. The summed E-state index contributed by atoms with van der Waals surface area (Å²) >= 11 is 0. The van der Waals surface area contributed by atoms with Gasteiger partial charge in [0, 0.05) is 49.2 Å². The molecule has 8 heteroatoms. The minimum absolute atomic E-state index is 0.00287. The van der Waals surface area contributed by atoms with Gasteiger partial charge in [0.15, 0.2) is 0 Å². The first kappa shape index (κ1) is 19.4. The average Bonchev–Trinajstić information content (AvgIpc) is 2.66. The molecule has 0 bridgehead atoms. The zero-order valence-corrected chi connectivity index (χ0v) is 16.6. The Morgan fingerprint density at radius 3 is 2.70 bits per heavy atom. The topological polar surface area (TPSA) is 92.3 Å². The van der Waals surface area contributed by atoms with Crippen molar-refractivity contribution in [1.82, 2.24) is 14.7 Å². The van der Waals surface area contributed by atoms with Crippen molar-refractivity contribution in [3.05, 3.63) is 41.9 Å². The predicted molar refractivity (Wildman–Crippen MR) is 105 cm³/mol. The Balaban J connectivity index is 1.91. The summed E-state index contributed by atoms with van der Waals surface area (Å²) in [6.07, 6.45) is 6.92. The van der Waals surface area contributed by atoms with E-state index in [1.165, 1.54) is 0 Å². The molecule has 1 amide bonds. The Kier molecular flexibility index (Phi) is 5.57. The molecule has 3 rings (SSSR count). The highest BCUT2D eigenvalue weighted by Gasteiger charge is 2.22. The summed E-state index contributed by atoms with van der Waals surface area (Å²) in [5, 5.41) is 0. The van der Waals surface area contributed by atoms with Gasteiger partial charge in [-0.05, 0) is 49.9 Å². The number of carbonyl (C=O) groups excluding carboxylic acids is 1. The van der Waals surface area contributed by atoms with E-state index in [2.05, 4.69) is 14.7 Å². The van der Waals surface area contributed by atoms with Crippen molar-refractivity contribution in [2.24, 2.45) is 0 Å². The van der Waals surface area contributed by atoms with Gasteiger partial charge in [0.25, 0.3) is 0 Å². The number of anilines is 1. The van der Waals surface area contributed by atoms with E-state index in [1.807, 2.05) is 12.1 Å². The number of fused-ring (bicyclic) bond motifs is 1. The highest BCUT2D eigenvalue weighted by Crippen LogP contribution is 2.30. The van der Waals surface area contributed by atoms with E-state index in [1.54, 1.807) is 44.3 Å². The number of nitrogens with zero attached hydrogens (tertiary/aromatic N) is 3. The van der Waals surface area contributed by atoms with Crippen LogP contribution in [0.3, 0.4) is 0 Å². The second-order valence-electron chi connectivity index (χ2n) is 6.73. The Bertz CT molecular complexity index is 959. The number of nitrogens with one attached hydrogen (secondary N) is 1. The average molecular weight is 388 g/mol. The largest absolute Gasteiger partial charge is 0.297 e. The Hall–Kier alpha value is -2.32. The molecule has 0 unspecified atom stereocenters. The summed E-state index contributed by atoms with van der Waals surface area (Å²) in [4.78, 5) is 22.3. The molecule has 27 heavy (non-hydrogen) atoms. The van der Waals surface area contributed by atoms with Crippen LogP contribution in [0.25, 0.3) is 11.1 Å². The Labute approximate surface area is 159 Å². The van der Waals surface area contributed by atoms with E-state index in [4.69, 9.17) is 0 Å². The van der Waals surface area contributed by atoms with Crippen molar-refractivity contribution in [2.45, 2.75) is 39.7 Å². The smallest absolute Gasteiger partial charge is 0.225 e. The van der Waals surface area contributed by atoms with E-state index < -0.39 is 10.0 Å². The fourth-order valence-electron chi connectivity index (χ4n) is 3.20. The van der Waals surface area contributed by atoms with Crippen LogP contribution in [0.5, 0.6) is 0 Å². The van der Waals surface area contributed by atoms with Gasteiger partial charge < -0.3 is 0 Å². The number of aryl methyl sites for hydroxylation is 1. The quantitative estimate of drug-likeness (QED) is 0.849. The lowest BCUT2D eigenvalue weighted by Crippen LogP contribution is -2.34. The van der Waals surface area contributed by atoms with Crippen molar-refractivity contribution < 1.29 is 13.2 Å². The lowest BCUT2D eigenvalue weighted by molar-refractivity contribution is -0.116. The molecule has 7 nitrogen and oxygen atoms in total. The first-order chi connectivity index (χ1) is 12.8. The van der Waals surface area contributed by atoms with Crippen molar-refractivity contribution >= 4 is 21.7 Å². The number of amides is 1. The van der Waals surface area contributed by atoms with E-state index >= 15 is 0 Å². The summed E-state index contributed by atoms with van der Waals surface area (Å²) in [6.45, 7) is 5.65. The molecule has 1 atom stereocenters. The summed E-state index contributed by atoms with van der Waals surface area (Å²) in [6, 6.07) is 3.59. The molecular weight excluding hydrogens is 364 g/mol. The summed E-state index contributed by atoms with van der Waals surface area (Å²) < 4.78 is 26.3. The molecule has 1 aliphatic rings. The lowest BCUT2D eigenvalue weighted by atomic mass is 10.00. The highest BCUT2D eigenvalue weighted by molar-refractivity contribution is 7.89. The molecule has 0 saturated heterocycles. The van der Waals surface area contributed by atoms with Crippen LogP contribution in [0.2, 0.25) is 0 Å². The number of sulfonamides is 1. The second kappa shape index (κ2) is 7.74. The van der Waals surface area contributed by atoms with Crippen molar-refractivity contribution in [3.63, 3.8) is 0 Å².